The molecular weight excluding hydrogens is 192 g/mol. The molecule has 4 nitrogen and oxygen atoms in total. The van der Waals surface area contributed by atoms with E-state index in [1.807, 2.05) is 25.4 Å². The summed E-state index contributed by atoms with van der Waals surface area (Å²) in [5.74, 6) is -0.327. The third kappa shape index (κ3) is 3.75. The molecule has 84 valence electrons. The minimum atomic E-state index is -0.267. The average molecular weight is 210 g/mol. The lowest BCUT2D eigenvalue weighted by Crippen LogP contribution is -2.33. The molecule has 1 aromatic heterocycles. The van der Waals surface area contributed by atoms with Crippen LogP contribution in [0.1, 0.15) is 18.9 Å². The summed E-state index contributed by atoms with van der Waals surface area (Å²) in [4.78, 5) is 14.4. The van der Waals surface area contributed by atoms with Crippen LogP contribution in [-0.2, 0) is 11.2 Å². The summed E-state index contributed by atoms with van der Waals surface area (Å²) < 4.78 is 0. The molecule has 0 aromatic carbocycles. The summed E-state index contributed by atoms with van der Waals surface area (Å²) in [6.07, 6.45) is 5.26. The number of H-pyrrole nitrogens is 1. The maximum Gasteiger partial charge on any atom is 0.225 e. The van der Waals surface area contributed by atoms with Gasteiger partial charge in [0.2, 0.25) is 5.91 Å². The number of aliphatic hydroxyl groups excluding tert-OH is 1. The van der Waals surface area contributed by atoms with Gasteiger partial charge < -0.3 is 15.4 Å². The second kappa shape index (κ2) is 6.24. The Kier molecular flexibility index (Phi) is 4.90. The predicted molar refractivity (Wildman–Crippen MR) is 58.4 cm³/mol. The van der Waals surface area contributed by atoms with Crippen LogP contribution < -0.4 is 5.32 Å². The molecule has 3 N–H and O–H groups in total. The van der Waals surface area contributed by atoms with Gasteiger partial charge in [0.25, 0.3) is 0 Å². The quantitative estimate of drug-likeness (QED) is 0.647. The first kappa shape index (κ1) is 11.8. The third-order valence-corrected chi connectivity index (χ3v) is 2.46. The highest BCUT2D eigenvalue weighted by Gasteiger charge is 2.13. The molecule has 1 aromatic rings. The van der Waals surface area contributed by atoms with Crippen LogP contribution in [0.5, 0.6) is 0 Å². The molecule has 0 saturated heterocycles. The zero-order valence-electron chi connectivity index (χ0n) is 8.99. The molecule has 0 radical (unpaired) electrons. The molecule has 0 aliphatic heterocycles. The molecule has 15 heavy (non-hydrogen) atoms. The largest absolute Gasteiger partial charge is 0.396 e. The van der Waals surface area contributed by atoms with Crippen LogP contribution >= 0.6 is 0 Å². The molecule has 0 bridgehead atoms. The maximum absolute atomic E-state index is 11.5. The van der Waals surface area contributed by atoms with Crippen LogP contribution in [0.4, 0.5) is 0 Å². The molecule has 0 saturated carbocycles. The third-order valence-electron chi connectivity index (χ3n) is 2.46. The van der Waals surface area contributed by atoms with E-state index in [0.717, 1.165) is 6.42 Å². The summed E-state index contributed by atoms with van der Waals surface area (Å²) in [6.45, 7) is 2.44. The van der Waals surface area contributed by atoms with Gasteiger partial charge in [0.1, 0.15) is 0 Å². The van der Waals surface area contributed by atoms with Crippen LogP contribution in [0, 0.1) is 5.92 Å². The Labute approximate surface area is 89.7 Å². The van der Waals surface area contributed by atoms with Gasteiger partial charge in [-0.25, -0.2) is 0 Å². The molecule has 1 unspecified atom stereocenters. The van der Waals surface area contributed by atoms with Gasteiger partial charge in [0, 0.05) is 18.9 Å². The summed E-state index contributed by atoms with van der Waals surface area (Å²) >= 11 is 0. The fraction of sp³-hybridized carbons (Fsp3) is 0.545. The van der Waals surface area contributed by atoms with E-state index in [1.165, 1.54) is 5.56 Å². The molecule has 1 atom stereocenters. The normalized spacial score (nSPS) is 12.4. The van der Waals surface area contributed by atoms with E-state index in [4.69, 9.17) is 5.11 Å². The van der Waals surface area contributed by atoms with Crippen molar-refractivity contribution < 1.29 is 9.90 Å². The van der Waals surface area contributed by atoms with Crippen molar-refractivity contribution in [3.05, 3.63) is 24.0 Å². The number of hydrogen-bond acceptors (Lipinski definition) is 2. The van der Waals surface area contributed by atoms with Crippen molar-refractivity contribution in [3.63, 3.8) is 0 Å². The lowest BCUT2D eigenvalue weighted by atomic mass is 10.1. The Bertz CT molecular complexity index is 279. The van der Waals surface area contributed by atoms with Crippen LogP contribution in [0.25, 0.3) is 0 Å². The molecule has 0 aliphatic carbocycles. The van der Waals surface area contributed by atoms with Gasteiger partial charge in [0.15, 0.2) is 0 Å². The number of carbonyl (C=O) groups excluding carboxylic acids is 1. The minimum Gasteiger partial charge on any atom is -0.396 e. The van der Waals surface area contributed by atoms with Crippen LogP contribution in [0.2, 0.25) is 0 Å². The number of hydrogen-bond donors (Lipinski definition) is 3. The highest BCUT2D eigenvalue weighted by atomic mass is 16.3. The van der Waals surface area contributed by atoms with Crippen molar-refractivity contribution >= 4 is 5.91 Å². The maximum atomic E-state index is 11.5. The van der Waals surface area contributed by atoms with Crippen LogP contribution in [0.15, 0.2) is 18.5 Å². The van der Waals surface area contributed by atoms with E-state index < -0.39 is 0 Å². The smallest absolute Gasteiger partial charge is 0.225 e. The number of carbonyl (C=O) groups is 1. The molecule has 1 amide bonds. The average Bonchev–Trinajstić information content (AvgIpc) is 2.72. The van der Waals surface area contributed by atoms with Crippen molar-refractivity contribution in [1.82, 2.24) is 10.3 Å². The highest BCUT2D eigenvalue weighted by molar-refractivity contribution is 5.78. The second-order valence-corrected chi connectivity index (χ2v) is 3.55. The Morgan fingerprint density at radius 3 is 3.00 bits per heavy atom. The Balaban J connectivity index is 2.22. The van der Waals surface area contributed by atoms with Crippen molar-refractivity contribution in [2.45, 2.75) is 19.8 Å². The van der Waals surface area contributed by atoms with Gasteiger partial charge in [-0.3, -0.25) is 4.79 Å². The van der Waals surface area contributed by atoms with Gasteiger partial charge in [-0.2, -0.15) is 0 Å². The highest BCUT2D eigenvalue weighted by Crippen LogP contribution is 2.01. The van der Waals surface area contributed by atoms with E-state index in [0.29, 0.717) is 13.0 Å². The van der Waals surface area contributed by atoms with Gasteiger partial charge >= 0.3 is 0 Å². The van der Waals surface area contributed by atoms with Crippen molar-refractivity contribution in [2.24, 2.45) is 5.92 Å². The Hall–Kier alpha value is -1.29. The number of aromatic nitrogens is 1. The second-order valence-electron chi connectivity index (χ2n) is 3.55. The first-order valence-corrected chi connectivity index (χ1v) is 5.28. The number of aliphatic hydroxyl groups is 1. The van der Waals surface area contributed by atoms with Crippen LogP contribution in [0.3, 0.4) is 0 Å². The fourth-order valence-corrected chi connectivity index (χ4v) is 1.39. The summed E-state index contributed by atoms with van der Waals surface area (Å²) in [5.41, 5.74) is 1.17. The van der Waals surface area contributed by atoms with E-state index in [-0.39, 0.29) is 18.4 Å². The van der Waals surface area contributed by atoms with E-state index in [9.17, 15) is 4.79 Å². The fourth-order valence-electron chi connectivity index (χ4n) is 1.39. The molecule has 0 fully saturated rings. The van der Waals surface area contributed by atoms with E-state index in [1.54, 1.807) is 0 Å². The number of aromatic amines is 1. The lowest BCUT2D eigenvalue weighted by Gasteiger charge is -2.11. The minimum absolute atomic E-state index is 0.0597. The Morgan fingerprint density at radius 2 is 2.47 bits per heavy atom. The van der Waals surface area contributed by atoms with Crippen molar-refractivity contribution in [3.8, 4) is 0 Å². The van der Waals surface area contributed by atoms with Crippen molar-refractivity contribution in [1.29, 1.82) is 0 Å². The summed E-state index contributed by atoms with van der Waals surface area (Å²) in [7, 11) is 0. The molecule has 4 heteroatoms. The van der Waals surface area contributed by atoms with Crippen LogP contribution in [-0.4, -0.2) is 29.1 Å². The number of rotatable bonds is 6. The molecule has 0 aliphatic rings. The predicted octanol–water partition coefficient (Wildman–Crippen LogP) is 0.692. The first-order chi connectivity index (χ1) is 7.27. The topological polar surface area (TPSA) is 65.1 Å². The van der Waals surface area contributed by atoms with E-state index in [2.05, 4.69) is 10.3 Å². The summed E-state index contributed by atoms with van der Waals surface area (Å²) in [5, 5.41) is 11.7. The standard InChI is InChI=1S/C11H18N2O2/c1-2-10(8-14)11(15)13-6-4-9-3-5-12-7-9/h3,5,7,10,12,14H,2,4,6,8H2,1H3,(H,13,15). The first-order valence-electron chi connectivity index (χ1n) is 5.28. The lowest BCUT2D eigenvalue weighted by molar-refractivity contribution is -0.126. The zero-order valence-corrected chi connectivity index (χ0v) is 8.99. The molecule has 1 rings (SSSR count). The molecular formula is C11H18N2O2. The van der Waals surface area contributed by atoms with Gasteiger partial charge in [-0.05, 0) is 24.5 Å². The van der Waals surface area contributed by atoms with Gasteiger partial charge in [0.05, 0.1) is 12.5 Å². The molecule has 1 heterocycles. The number of amides is 1. The number of nitrogens with one attached hydrogen (secondary N) is 2. The SMILES string of the molecule is CCC(CO)C(=O)NCCc1cc[nH]c1. The Morgan fingerprint density at radius 1 is 1.67 bits per heavy atom. The van der Waals surface area contributed by atoms with Gasteiger partial charge in [-0.1, -0.05) is 6.92 Å². The zero-order chi connectivity index (χ0) is 11.1. The monoisotopic (exact) mass is 210 g/mol. The van der Waals surface area contributed by atoms with Crippen molar-refractivity contribution in [2.75, 3.05) is 13.2 Å². The molecule has 0 spiro atoms. The van der Waals surface area contributed by atoms with E-state index >= 15 is 0 Å². The van der Waals surface area contributed by atoms with Gasteiger partial charge in [-0.15, -0.1) is 0 Å². The summed E-state index contributed by atoms with van der Waals surface area (Å²) in [6, 6.07) is 1.98.